The van der Waals surface area contributed by atoms with Gasteiger partial charge in [-0.25, -0.2) is 0 Å². The van der Waals surface area contributed by atoms with Crippen LogP contribution in [0.15, 0.2) is 12.2 Å². The standard InChI is InChI=1S/C11H21NO/c1-4-9(2)7-12-8-11(13)6-5-10(12)3/h10-11,13H,2,4-8H2,1,3H3. The molecule has 1 heterocycles. The van der Waals surface area contributed by atoms with Gasteiger partial charge < -0.3 is 5.11 Å². The van der Waals surface area contributed by atoms with E-state index in [0.29, 0.717) is 6.04 Å². The van der Waals surface area contributed by atoms with Crippen molar-refractivity contribution in [2.75, 3.05) is 13.1 Å². The van der Waals surface area contributed by atoms with Crippen molar-refractivity contribution in [2.45, 2.75) is 45.3 Å². The highest BCUT2D eigenvalue weighted by atomic mass is 16.3. The maximum absolute atomic E-state index is 9.51. The molecule has 2 unspecified atom stereocenters. The molecule has 0 aliphatic carbocycles. The Morgan fingerprint density at radius 2 is 2.23 bits per heavy atom. The van der Waals surface area contributed by atoms with Gasteiger partial charge in [0.05, 0.1) is 6.10 Å². The van der Waals surface area contributed by atoms with E-state index in [1.54, 1.807) is 0 Å². The molecule has 13 heavy (non-hydrogen) atoms. The quantitative estimate of drug-likeness (QED) is 0.674. The summed E-state index contributed by atoms with van der Waals surface area (Å²) in [6.07, 6.45) is 2.98. The molecule has 1 fully saturated rings. The van der Waals surface area contributed by atoms with Crippen LogP contribution in [0.3, 0.4) is 0 Å². The van der Waals surface area contributed by atoms with Crippen LogP contribution in [0.25, 0.3) is 0 Å². The first-order valence-corrected chi connectivity index (χ1v) is 5.22. The zero-order valence-corrected chi connectivity index (χ0v) is 8.79. The molecule has 2 atom stereocenters. The Morgan fingerprint density at radius 1 is 1.54 bits per heavy atom. The molecular weight excluding hydrogens is 162 g/mol. The van der Waals surface area contributed by atoms with Gasteiger partial charge in [-0.3, -0.25) is 4.90 Å². The monoisotopic (exact) mass is 183 g/mol. The SMILES string of the molecule is C=C(CC)CN1CC(O)CCC1C. The summed E-state index contributed by atoms with van der Waals surface area (Å²) >= 11 is 0. The molecule has 1 saturated heterocycles. The number of nitrogens with zero attached hydrogens (tertiary/aromatic N) is 1. The van der Waals surface area contributed by atoms with E-state index in [4.69, 9.17) is 0 Å². The minimum Gasteiger partial charge on any atom is -0.392 e. The summed E-state index contributed by atoms with van der Waals surface area (Å²) in [6, 6.07) is 0.603. The number of piperidine rings is 1. The number of aliphatic hydroxyl groups excluding tert-OH is 1. The molecule has 1 rings (SSSR count). The maximum atomic E-state index is 9.51. The van der Waals surface area contributed by atoms with Gasteiger partial charge in [0.25, 0.3) is 0 Å². The Labute approximate surface area is 81.2 Å². The van der Waals surface area contributed by atoms with Gasteiger partial charge in [-0.05, 0) is 26.2 Å². The first-order chi connectivity index (χ1) is 6.13. The first kappa shape index (κ1) is 10.7. The summed E-state index contributed by atoms with van der Waals surface area (Å²) in [5, 5.41) is 9.51. The summed E-state index contributed by atoms with van der Waals surface area (Å²) in [6.45, 7) is 10.1. The van der Waals surface area contributed by atoms with Crippen LogP contribution in [-0.2, 0) is 0 Å². The van der Waals surface area contributed by atoms with E-state index in [1.807, 2.05) is 0 Å². The van der Waals surface area contributed by atoms with E-state index in [2.05, 4.69) is 25.3 Å². The van der Waals surface area contributed by atoms with Crippen LogP contribution in [0.1, 0.15) is 33.1 Å². The third-order valence-corrected chi connectivity index (χ3v) is 2.91. The smallest absolute Gasteiger partial charge is 0.0668 e. The summed E-state index contributed by atoms with van der Waals surface area (Å²) in [5.41, 5.74) is 1.26. The highest BCUT2D eigenvalue weighted by Crippen LogP contribution is 2.18. The van der Waals surface area contributed by atoms with Crippen LogP contribution < -0.4 is 0 Å². The van der Waals surface area contributed by atoms with E-state index < -0.39 is 0 Å². The predicted molar refractivity (Wildman–Crippen MR) is 55.7 cm³/mol. The van der Waals surface area contributed by atoms with Gasteiger partial charge in [-0.1, -0.05) is 19.1 Å². The van der Waals surface area contributed by atoms with Crippen molar-refractivity contribution >= 4 is 0 Å². The molecule has 0 spiro atoms. The molecule has 2 nitrogen and oxygen atoms in total. The molecule has 0 bridgehead atoms. The first-order valence-electron chi connectivity index (χ1n) is 5.22. The molecule has 1 N–H and O–H groups in total. The van der Waals surface area contributed by atoms with Gasteiger partial charge >= 0.3 is 0 Å². The zero-order chi connectivity index (χ0) is 9.84. The molecule has 2 heteroatoms. The largest absolute Gasteiger partial charge is 0.392 e. The fourth-order valence-corrected chi connectivity index (χ4v) is 1.78. The van der Waals surface area contributed by atoms with Crippen molar-refractivity contribution in [1.82, 2.24) is 4.90 Å². The highest BCUT2D eigenvalue weighted by molar-refractivity contribution is 4.98. The Kier molecular flexibility index (Phi) is 3.94. The fraction of sp³-hybridized carbons (Fsp3) is 0.818. The molecule has 1 aliphatic rings. The lowest BCUT2D eigenvalue weighted by atomic mass is 10.0. The summed E-state index contributed by atoms with van der Waals surface area (Å²) in [5.74, 6) is 0. The Morgan fingerprint density at radius 3 is 2.85 bits per heavy atom. The average Bonchev–Trinajstić information content (AvgIpc) is 2.11. The molecule has 0 aromatic heterocycles. The molecule has 0 saturated carbocycles. The number of hydrogen-bond acceptors (Lipinski definition) is 2. The second-order valence-corrected chi connectivity index (χ2v) is 4.11. The molecule has 0 aromatic rings. The lowest BCUT2D eigenvalue weighted by molar-refractivity contribution is 0.0464. The van der Waals surface area contributed by atoms with E-state index >= 15 is 0 Å². The number of β-amino-alcohol motifs (C(OH)–C–C–N with tert-alkyl or cyclic N) is 1. The highest BCUT2D eigenvalue weighted by Gasteiger charge is 2.23. The van der Waals surface area contributed by atoms with E-state index in [-0.39, 0.29) is 6.10 Å². The second kappa shape index (κ2) is 4.77. The van der Waals surface area contributed by atoms with Gasteiger partial charge in [-0.15, -0.1) is 0 Å². The van der Waals surface area contributed by atoms with Crippen molar-refractivity contribution in [2.24, 2.45) is 0 Å². The van der Waals surface area contributed by atoms with Crippen LogP contribution in [-0.4, -0.2) is 35.2 Å². The second-order valence-electron chi connectivity index (χ2n) is 4.11. The summed E-state index contributed by atoms with van der Waals surface area (Å²) < 4.78 is 0. The third kappa shape index (κ3) is 3.12. The minimum absolute atomic E-state index is 0.124. The molecule has 0 amide bonds. The van der Waals surface area contributed by atoms with Crippen LogP contribution in [0.2, 0.25) is 0 Å². The topological polar surface area (TPSA) is 23.5 Å². The normalized spacial score (nSPS) is 30.4. The predicted octanol–water partition coefficient (Wildman–Crippen LogP) is 1.80. The number of rotatable bonds is 3. The Balaban J connectivity index is 2.41. The van der Waals surface area contributed by atoms with Gasteiger partial charge in [0.2, 0.25) is 0 Å². The van der Waals surface area contributed by atoms with E-state index in [9.17, 15) is 5.11 Å². The van der Waals surface area contributed by atoms with Crippen molar-refractivity contribution in [1.29, 1.82) is 0 Å². The molecule has 1 aliphatic heterocycles. The number of likely N-dealkylation sites (tertiary alicyclic amines) is 1. The van der Waals surface area contributed by atoms with E-state index in [1.165, 1.54) is 5.57 Å². The number of aliphatic hydroxyl groups is 1. The molecule has 0 radical (unpaired) electrons. The third-order valence-electron chi connectivity index (χ3n) is 2.91. The van der Waals surface area contributed by atoms with Crippen LogP contribution >= 0.6 is 0 Å². The van der Waals surface area contributed by atoms with E-state index in [0.717, 1.165) is 32.4 Å². The van der Waals surface area contributed by atoms with Gasteiger partial charge in [0, 0.05) is 19.1 Å². The van der Waals surface area contributed by atoms with Crippen molar-refractivity contribution in [3.05, 3.63) is 12.2 Å². The number of hydrogen-bond donors (Lipinski definition) is 1. The Bertz CT molecular complexity index is 179. The minimum atomic E-state index is -0.124. The van der Waals surface area contributed by atoms with Crippen molar-refractivity contribution < 1.29 is 5.11 Å². The lowest BCUT2D eigenvalue weighted by Crippen LogP contribution is -2.44. The molecule has 76 valence electrons. The molecule has 0 aromatic carbocycles. The molecular formula is C11H21NO. The summed E-state index contributed by atoms with van der Waals surface area (Å²) in [7, 11) is 0. The maximum Gasteiger partial charge on any atom is 0.0668 e. The van der Waals surface area contributed by atoms with Crippen molar-refractivity contribution in [3.8, 4) is 0 Å². The average molecular weight is 183 g/mol. The van der Waals surface area contributed by atoms with Gasteiger partial charge in [0.15, 0.2) is 0 Å². The summed E-state index contributed by atoms with van der Waals surface area (Å²) in [4.78, 5) is 2.33. The fourth-order valence-electron chi connectivity index (χ4n) is 1.78. The van der Waals surface area contributed by atoms with Crippen LogP contribution in [0, 0.1) is 0 Å². The van der Waals surface area contributed by atoms with Gasteiger partial charge in [-0.2, -0.15) is 0 Å². The Hall–Kier alpha value is -0.340. The zero-order valence-electron chi connectivity index (χ0n) is 8.79. The van der Waals surface area contributed by atoms with Crippen LogP contribution in [0.4, 0.5) is 0 Å². The van der Waals surface area contributed by atoms with Gasteiger partial charge in [0.1, 0.15) is 0 Å². The van der Waals surface area contributed by atoms with Crippen molar-refractivity contribution in [3.63, 3.8) is 0 Å². The van der Waals surface area contributed by atoms with Crippen LogP contribution in [0.5, 0.6) is 0 Å². The lowest BCUT2D eigenvalue weighted by Gasteiger charge is -2.36.